The van der Waals surface area contributed by atoms with E-state index in [1.54, 1.807) is 0 Å². The first-order chi connectivity index (χ1) is 12.2. The fraction of sp³-hybridized carbons (Fsp3) is 0.600. The van der Waals surface area contributed by atoms with Gasteiger partial charge in [-0.15, -0.1) is 0 Å². The molecular formula is C20H27NO2S2. The van der Waals surface area contributed by atoms with E-state index in [0.717, 1.165) is 49.6 Å². The summed E-state index contributed by atoms with van der Waals surface area (Å²) in [6.45, 7) is 1.47. The Bertz CT molecular complexity index is 564. The van der Waals surface area contributed by atoms with Gasteiger partial charge in [0.1, 0.15) is 0 Å². The summed E-state index contributed by atoms with van der Waals surface area (Å²) in [6, 6.07) is 9.54. The molecule has 0 aliphatic carbocycles. The number of likely N-dealkylation sites (tertiary alicyclic amines) is 1. The number of ketones is 1. The molecule has 0 aromatic heterocycles. The summed E-state index contributed by atoms with van der Waals surface area (Å²) in [6.07, 6.45) is 7.01. The molecule has 25 heavy (non-hydrogen) atoms. The average Bonchev–Trinajstić information content (AvgIpc) is 3.19. The first kappa shape index (κ1) is 18.8. The van der Waals surface area contributed by atoms with Crippen molar-refractivity contribution in [2.45, 2.75) is 50.2 Å². The molecule has 2 aliphatic rings. The van der Waals surface area contributed by atoms with Crippen molar-refractivity contribution in [2.75, 3.05) is 18.8 Å². The standard InChI is InChI=1S/C20H27NO2S2/c22-19(9-5-4-8-18-12-15-24-25-18)21-13-10-17(11-14-21)20(23)16-6-2-1-3-7-16/h1-3,6-7,17-18H,4-5,8-15H2. The van der Waals surface area contributed by atoms with Crippen LogP contribution in [0.5, 0.6) is 0 Å². The molecule has 5 heteroatoms. The van der Waals surface area contributed by atoms with Gasteiger partial charge in [-0.3, -0.25) is 9.59 Å². The number of benzene rings is 1. The number of amides is 1. The Morgan fingerprint density at radius 1 is 1.04 bits per heavy atom. The molecule has 0 bridgehead atoms. The summed E-state index contributed by atoms with van der Waals surface area (Å²) >= 11 is 0. The summed E-state index contributed by atoms with van der Waals surface area (Å²) in [7, 11) is 4.00. The third-order valence-corrected chi connectivity index (χ3v) is 8.18. The van der Waals surface area contributed by atoms with E-state index in [0.29, 0.717) is 6.42 Å². The minimum absolute atomic E-state index is 0.0725. The number of unbranched alkanes of at least 4 members (excludes halogenated alkanes) is 1. The second-order valence-electron chi connectivity index (χ2n) is 6.96. The third kappa shape index (κ3) is 5.52. The molecule has 1 unspecified atom stereocenters. The zero-order chi connectivity index (χ0) is 17.5. The summed E-state index contributed by atoms with van der Waals surface area (Å²) in [5.41, 5.74) is 0.801. The molecule has 0 radical (unpaired) electrons. The zero-order valence-corrected chi connectivity index (χ0v) is 16.3. The Labute approximate surface area is 158 Å². The minimum atomic E-state index is 0.0725. The predicted molar refractivity (Wildman–Crippen MR) is 107 cm³/mol. The van der Waals surface area contributed by atoms with Crippen molar-refractivity contribution in [3.8, 4) is 0 Å². The Morgan fingerprint density at radius 3 is 2.48 bits per heavy atom. The van der Waals surface area contributed by atoms with Crippen LogP contribution in [0.25, 0.3) is 0 Å². The Kier molecular flexibility index (Phi) is 7.29. The Morgan fingerprint density at radius 2 is 1.80 bits per heavy atom. The van der Waals surface area contributed by atoms with E-state index < -0.39 is 0 Å². The van der Waals surface area contributed by atoms with Crippen LogP contribution in [0, 0.1) is 5.92 Å². The van der Waals surface area contributed by atoms with Crippen molar-refractivity contribution in [3.63, 3.8) is 0 Å². The summed E-state index contributed by atoms with van der Waals surface area (Å²) in [5, 5.41) is 0.805. The number of piperidine rings is 1. The highest BCUT2D eigenvalue weighted by Gasteiger charge is 2.27. The van der Waals surface area contributed by atoms with Crippen LogP contribution in [-0.4, -0.2) is 40.7 Å². The first-order valence-corrected chi connectivity index (χ1v) is 11.8. The predicted octanol–water partition coefficient (Wildman–Crippen LogP) is 4.82. The van der Waals surface area contributed by atoms with Gasteiger partial charge < -0.3 is 4.90 Å². The van der Waals surface area contributed by atoms with Crippen LogP contribution in [0.15, 0.2) is 30.3 Å². The van der Waals surface area contributed by atoms with E-state index in [4.69, 9.17) is 0 Å². The molecule has 136 valence electrons. The smallest absolute Gasteiger partial charge is 0.222 e. The normalized spacial score (nSPS) is 21.4. The lowest BCUT2D eigenvalue weighted by Gasteiger charge is -2.31. The number of Topliss-reactive ketones (excluding diaryl/α,β-unsaturated/α-hetero) is 1. The minimum Gasteiger partial charge on any atom is -0.343 e. The average molecular weight is 378 g/mol. The van der Waals surface area contributed by atoms with Crippen LogP contribution < -0.4 is 0 Å². The van der Waals surface area contributed by atoms with Crippen LogP contribution in [0.3, 0.4) is 0 Å². The van der Waals surface area contributed by atoms with Gasteiger partial charge in [0.2, 0.25) is 5.91 Å². The van der Waals surface area contributed by atoms with Gasteiger partial charge in [-0.05, 0) is 32.1 Å². The van der Waals surface area contributed by atoms with Crippen LogP contribution >= 0.6 is 21.6 Å². The van der Waals surface area contributed by atoms with Crippen molar-refractivity contribution in [2.24, 2.45) is 5.92 Å². The largest absolute Gasteiger partial charge is 0.343 e. The number of nitrogens with zero attached hydrogens (tertiary/aromatic N) is 1. The number of hydrogen-bond acceptors (Lipinski definition) is 4. The second kappa shape index (κ2) is 9.67. The molecule has 1 aromatic rings. The Balaban J connectivity index is 1.35. The molecule has 0 saturated carbocycles. The van der Waals surface area contributed by atoms with Crippen molar-refractivity contribution in [1.82, 2.24) is 4.90 Å². The van der Waals surface area contributed by atoms with E-state index in [2.05, 4.69) is 0 Å². The second-order valence-corrected chi connectivity index (χ2v) is 9.75. The van der Waals surface area contributed by atoms with Gasteiger partial charge in [0, 0.05) is 42.0 Å². The van der Waals surface area contributed by atoms with E-state index in [1.807, 2.05) is 56.8 Å². The monoisotopic (exact) mass is 377 g/mol. The van der Waals surface area contributed by atoms with E-state index >= 15 is 0 Å². The van der Waals surface area contributed by atoms with Gasteiger partial charge in [0.15, 0.2) is 5.78 Å². The third-order valence-electron chi connectivity index (χ3n) is 5.17. The molecule has 0 N–H and O–H groups in total. The van der Waals surface area contributed by atoms with Gasteiger partial charge in [-0.1, -0.05) is 58.3 Å². The lowest BCUT2D eigenvalue weighted by atomic mass is 9.89. The number of rotatable bonds is 7. The highest BCUT2D eigenvalue weighted by molar-refractivity contribution is 8.77. The quantitative estimate of drug-likeness (QED) is 0.388. The molecule has 2 saturated heterocycles. The zero-order valence-electron chi connectivity index (χ0n) is 14.7. The van der Waals surface area contributed by atoms with E-state index in [-0.39, 0.29) is 17.6 Å². The molecule has 1 aromatic carbocycles. The molecule has 3 nitrogen and oxygen atoms in total. The highest BCUT2D eigenvalue weighted by Crippen LogP contribution is 2.39. The van der Waals surface area contributed by atoms with E-state index in [9.17, 15) is 9.59 Å². The van der Waals surface area contributed by atoms with Gasteiger partial charge in [0.05, 0.1) is 0 Å². The van der Waals surface area contributed by atoms with Gasteiger partial charge in [-0.2, -0.15) is 0 Å². The maximum Gasteiger partial charge on any atom is 0.222 e. The van der Waals surface area contributed by atoms with Gasteiger partial charge in [-0.25, -0.2) is 0 Å². The van der Waals surface area contributed by atoms with Crippen LogP contribution in [0.4, 0.5) is 0 Å². The number of carbonyl (C=O) groups is 2. The van der Waals surface area contributed by atoms with Crippen LogP contribution in [-0.2, 0) is 4.79 Å². The number of hydrogen-bond donors (Lipinski definition) is 0. The molecule has 1 atom stereocenters. The van der Waals surface area contributed by atoms with Crippen molar-refractivity contribution < 1.29 is 9.59 Å². The maximum atomic E-state index is 12.5. The van der Waals surface area contributed by atoms with Crippen LogP contribution in [0.1, 0.15) is 55.3 Å². The summed E-state index contributed by atoms with van der Waals surface area (Å²) in [5.74, 6) is 1.87. The van der Waals surface area contributed by atoms with Gasteiger partial charge >= 0.3 is 0 Å². The topological polar surface area (TPSA) is 37.4 Å². The molecule has 0 spiro atoms. The van der Waals surface area contributed by atoms with Crippen molar-refractivity contribution in [3.05, 3.63) is 35.9 Å². The lowest BCUT2D eigenvalue weighted by molar-refractivity contribution is -0.132. The fourth-order valence-corrected chi connectivity index (χ4v) is 6.63. The van der Waals surface area contributed by atoms with Crippen molar-refractivity contribution in [1.29, 1.82) is 0 Å². The molecule has 2 heterocycles. The Hall–Kier alpha value is -0.940. The van der Waals surface area contributed by atoms with Crippen molar-refractivity contribution >= 4 is 33.3 Å². The fourth-order valence-electron chi connectivity index (χ4n) is 3.60. The lowest BCUT2D eigenvalue weighted by Crippen LogP contribution is -2.40. The SMILES string of the molecule is O=C(c1ccccc1)C1CCN(C(=O)CCCCC2CCSS2)CC1. The summed E-state index contributed by atoms with van der Waals surface area (Å²) in [4.78, 5) is 26.8. The molecule has 1 amide bonds. The molecule has 3 rings (SSSR count). The summed E-state index contributed by atoms with van der Waals surface area (Å²) < 4.78 is 0. The molecular weight excluding hydrogens is 350 g/mol. The van der Waals surface area contributed by atoms with Gasteiger partial charge in [0.25, 0.3) is 0 Å². The molecule has 2 fully saturated rings. The first-order valence-electron chi connectivity index (χ1n) is 9.39. The van der Waals surface area contributed by atoms with E-state index in [1.165, 1.54) is 18.6 Å². The van der Waals surface area contributed by atoms with Crippen LogP contribution in [0.2, 0.25) is 0 Å². The maximum absolute atomic E-state index is 12.5. The number of carbonyl (C=O) groups excluding carboxylic acids is 2. The highest BCUT2D eigenvalue weighted by atomic mass is 33.1. The molecule has 2 aliphatic heterocycles.